The topological polar surface area (TPSA) is 58.3 Å². The zero-order valence-electron chi connectivity index (χ0n) is 13.1. The van der Waals surface area contributed by atoms with Crippen LogP contribution in [0.5, 0.6) is 0 Å². The van der Waals surface area contributed by atoms with Gasteiger partial charge in [0.2, 0.25) is 0 Å². The molecule has 2 rings (SSSR count). The van der Waals surface area contributed by atoms with Crippen molar-refractivity contribution in [2.75, 3.05) is 19.7 Å². The van der Waals surface area contributed by atoms with Gasteiger partial charge >= 0.3 is 0 Å². The second-order valence-electron chi connectivity index (χ2n) is 6.38. The van der Waals surface area contributed by atoms with Crippen LogP contribution in [-0.4, -0.2) is 30.3 Å². The summed E-state index contributed by atoms with van der Waals surface area (Å²) in [5.41, 5.74) is 7.68. The second kappa shape index (κ2) is 8.52. The van der Waals surface area contributed by atoms with Crippen molar-refractivity contribution in [1.29, 1.82) is 0 Å². The molecule has 118 valence electrons. The Morgan fingerprint density at radius 1 is 1.10 bits per heavy atom. The molecule has 1 aromatic carbocycles. The van der Waals surface area contributed by atoms with Crippen molar-refractivity contribution in [1.82, 2.24) is 5.32 Å². The predicted octanol–water partition coefficient (Wildman–Crippen LogP) is 2.79. The van der Waals surface area contributed by atoms with Gasteiger partial charge in [0.1, 0.15) is 0 Å². The minimum atomic E-state index is 0.143. The Bertz CT molecular complexity index is 385. The Labute approximate surface area is 128 Å². The zero-order valence-corrected chi connectivity index (χ0v) is 13.1. The summed E-state index contributed by atoms with van der Waals surface area (Å²) in [4.78, 5) is 0. The molecule has 1 aliphatic rings. The molecule has 4 N–H and O–H groups in total. The second-order valence-corrected chi connectivity index (χ2v) is 6.38. The number of aliphatic hydroxyl groups is 1. The van der Waals surface area contributed by atoms with Crippen LogP contribution in [0.4, 0.5) is 0 Å². The highest BCUT2D eigenvalue weighted by atomic mass is 16.2. The third kappa shape index (κ3) is 4.80. The summed E-state index contributed by atoms with van der Waals surface area (Å²) in [5, 5.41) is 12.5. The van der Waals surface area contributed by atoms with Gasteiger partial charge in [0, 0.05) is 18.7 Å². The first kappa shape index (κ1) is 16.5. The van der Waals surface area contributed by atoms with Gasteiger partial charge in [-0.2, -0.15) is 0 Å². The highest BCUT2D eigenvalue weighted by Crippen LogP contribution is 2.37. The van der Waals surface area contributed by atoms with Crippen LogP contribution in [0.25, 0.3) is 0 Å². The Kier molecular flexibility index (Phi) is 6.68. The van der Waals surface area contributed by atoms with Gasteiger partial charge < -0.3 is 16.2 Å². The molecule has 1 saturated carbocycles. The van der Waals surface area contributed by atoms with Crippen LogP contribution < -0.4 is 11.1 Å². The fourth-order valence-electron chi connectivity index (χ4n) is 3.45. The lowest BCUT2D eigenvalue weighted by Gasteiger charge is -2.40. The van der Waals surface area contributed by atoms with Crippen LogP contribution in [0.3, 0.4) is 0 Å². The summed E-state index contributed by atoms with van der Waals surface area (Å²) in [7, 11) is 0. The normalized spacial score (nSPS) is 25.9. The number of nitrogens with two attached hydrogens (primary N) is 1. The summed E-state index contributed by atoms with van der Waals surface area (Å²) in [6.45, 7) is 2.06. The fourth-order valence-corrected chi connectivity index (χ4v) is 3.45. The lowest BCUT2D eigenvalue weighted by molar-refractivity contribution is 0.219. The van der Waals surface area contributed by atoms with Gasteiger partial charge in [-0.25, -0.2) is 0 Å². The first-order valence-electron chi connectivity index (χ1n) is 8.40. The van der Waals surface area contributed by atoms with Gasteiger partial charge in [-0.05, 0) is 63.0 Å². The maximum Gasteiger partial charge on any atom is 0.0431 e. The summed E-state index contributed by atoms with van der Waals surface area (Å²) < 4.78 is 0. The van der Waals surface area contributed by atoms with E-state index in [1.165, 1.54) is 31.2 Å². The van der Waals surface area contributed by atoms with Crippen LogP contribution >= 0.6 is 0 Å². The molecule has 0 aromatic heterocycles. The molecule has 1 aliphatic carbocycles. The lowest BCUT2D eigenvalue weighted by Crippen LogP contribution is -2.53. The maximum atomic E-state index is 8.81. The van der Waals surface area contributed by atoms with E-state index < -0.39 is 0 Å². The summed E-state index contributed by atoms with van der Waals surface area (Å²) in [5.74, 6) is 0.696. The minimum absolute atomic E-state index is 0.143. The molecule has 0 heterocycles. The molecule has 0 atom stereocenters. The molecule has 3 heteroatoms. The van der Waals surface area contributed by atoms with Crippen molar-refractivity contribution >= 4 is 0 Å². The average molecular weight is 290 g/mol. The molecular formula is C18H30N2O. The molecule has 1 fully saturated rings. The van der Waals surface area contributed by atoms with Crippen molar-refractivity contribution < 1.29 is 5.11 Å². The first-order valence-corrected chi connectivity index (χ1v) is 8.40. The number of hydrogen-bond donors (Lipinski definition) is 3. The standard InChI is InChI=1S/C18H30N2O/c19-15-18(20-13-5-2-6-14-21)11-9-17(10-12-18)16-7-3-1-4-8-16/h1,3-4,7-8,17,20-21H,2,5-6,9-15,19H2. The van der Waals surface area contributed by atoms with Gasteiger partial charge in [-0.1, -0.05) is 30.3 Å². The van der Waals surface area contributed by atoms with E-state index in [9.17, 15) is 0 Å². The molecule has 21 heavy (non-hydrogen) atoms. The van der Waals surface area contributed by atoms with Gasteiger partial charge in [0.15, 0.2) is 0 Å². The molecule has 3 nitrogen and oxygen atoms in total. The minimum Gasteiger partial charge on any atom is -0.396 e. The number of aliphatic hydroxyl groups excluding tert-OH is 1. The van der Waals surface area contributed by atoms with E-state index in [0.717, 1.165) is 32.4 Å². The van der Waals surface area contributed by atoms with Gasteiger partial charge in [0.25, 0.3) is 0 Å². The fraction of sp³-hybridized carbons (Fsp3) is 0.667. The third-order valence-electron chi connectivity index (χ3n) is 4.94. The number of hydrogen-bond acceptors (Lipinski definition) is 3. The van der Waals surface area contributed by atoms with Crippen molar-refractivity contribution in [3.63, 3.8) is 0 Å². The van der Waals surface area contributed by atoms with Crippen LogP contribution in [0.2, 0.25) is 0 Å². The van der Waals surface area contributed by atoms with E-state index in [4.69, 9.17) is 10.8 Å². The summed E-state index contributed by atoms with van der Waals surface area (Å²) in [6.07, 6.45) is 7.93. The largest absolute Gasteiger partial charge is 0.396 e. The van der Waals surface area contributed by atoms with Crippen molar-refractivity contribution in [3.8, 4) is 0 Å². The van der Waals surface area contributed by atoms with Crippen LogP contribution in [0.15, 0.2) is 30.3 Å². The molecule has 1 aromatic rings. The molecule has 0 amide bonds. The average Bonchev–Trinajstić information content (AvgIpc) is 2.56. The SMILES string of the molecule is NCC1(NCCCCCO)CCC(c2ccccc2)CC1. The van der Waals surface area contributed by atoms with Gasteiger partial charge in [0.05, 0.1) is 0 Å². The molecule has 0 unspecified atom stereocenters. The zero-order chi connectivity index (χ0) is 15.0. The Hall–Kier alpha value is -0.900. The van der Waals surface area contributed by atoms with E-state index >= 15 is 0 Å². The number of benzene rings is 1. The molecule has 0 aliphatic heterocycles. The number of unbranched alkanes of at least 4 members (excludes halogenated alkanes) is 2. The molecule has 0 bridgehead atoms. The van der Waals surface area contributed by atoms with E-state index in [1.54, 1.807) is 0 Å². The third-order valence-corrected chi connectivity index (χ3v) is 4.94. The van der Waals surface area contributed by atoms with E-state index in [1.807, 2.05) is 0 Å². The molecule has 0 saturated heterocycles. The van der Waals surface area contributed by atoms with Gasteiger partial charge in [-0.3, -0.25) is 0 Å². The van der Waals surface area contributed by atoms with Crippen LogP contribution in [0.1, 0.15) is 56.4 Å². The Morgan fingerprint density at radius 3 is 2.43 bits per heavy atom. The van der Waals surface area contributed by atoms with Crippen molar-refractivity contribution in [3.05, 3.63) is 35.9 Å². The van der Waals surface area contributed by atoms with Crippen LogP contribution in [-0.2, 0) is 0 Å². The number of rotatable bonds is 8. The monoisotopic (exact) mass is 290 g/mol. The van der Waals surface area contributed by atoms with E-state index in [2.05, 4.69) is 35.6 Å². The lowest BCUT2D eigenvalue weighted by atomic mass is 9.74. The van der Waals surface area contributed by atoms with E-state index in [-0.39, 0.29) is 5.54 Å². The summed E-state index contributed by atoms with van der Waals surface area (Å²) in [6, 6.07) is 10.9. The van der Waals surface area contributed by atoms with Crippen molar-refractivity contribution in [2.24, 2.45) is 5.73 Å². The molecule has 0 spiro atoms. The Morgan fingerprint density at radius 2 is 1.81 bits per heavy atom. The van der Waals surface area contributed by atoms with Crippen LogP contribution in [0, 0.1) is 0 Å². The highest BCUT2D eigenvalue weighted by molar-refractivity contribution is 5.20. The molecular weight excluding hydrogens is 260 g/mol. The number of nitrogens with one attached hydrogen (secondary N) is 1. The van der Waals surface area contributed by atoms with Crippen molar-refractivity contribution in [2.45, 2.75) is 56.4 Å². The predicted molar refractivity (Wildman–Crippen MR) is 88.4 cm³/mol. The summed E-state index contributed by atoms with van der Waals surface area (Å²) >= 11 is 0. The van der Waals surface area contributed by atoms with E-state index in [0.29, 0.717) is 12.5 Å². The Balaban J connectivity index is 1.79. The van der Waals surface area contributed by atoms with Gasteiger partial charge in [-0.15, -0.1) is 0 Å². The highest BCUT2D eigenvalue weighted by Gasteiger charge is 2.33. The quantitative estimate of drug-likeness (QED) is 0.645. The first-order chi connectivity index (χ1) is 10.3. The smallest absolute Gasteiger partial charge is 0.0431 e. The maximum absolute atomic E-state index is 8.81. The molecule has 0 radical (unpaired) electrons.